The molecule has 0 aliphatic heterocycles. The number of aliphatic imine (C=N–C) groups is 1. The van der Waals surface area contributed by atoms with Gasteiger partial charge < -0.3 is 0 Å². The smallest absolute Gasteiger partial charge is 0.289 e. The summed E-state index contributed by atoms with van der Waals surface area (Å²) in [6.07, 6.45) is 1.44. The Hall–Kier alpha value is -2.83. The van der Waals surface area contributed by atoms with Crippen molar-refractivity contribution in [1.82, 2.24) is 14.6 Å². The van der Waals surface area contributed by atoms with E-state index in [1.807, 2.05) is 30.3 Å². The Kier molecular flexibility index (Phi) is 3.99. The van der Waals surface area contributed by atoms with Crippen molar-refractivity contribution in [1.29, 1.82) is 0 Å². The summed E-state index contributed by atoms with van der Waals surface area (Å²) in [6.45, 7) is 0. The lowest BCUT2D eigenvalue weighted by Crippen LogP contribution is -2.38. The second kappa shape index (κ2) is 5.87. The van der Waals surface area contributed by atoms with E-state index < -0.39 is 5.69 Å². The van der Waals surface area contributed by atoms with Crippen molar-refractivity contribution in [2.45, 2.75) is 0 Å². The standard InChI is InChI=1S/C13H15N5O2/c1-17-11(8-12(19)18(2)13(17)20)16-15-9-14-10-6-4-3-5-7-10/h3-9,16H,1-2H3,(H,14,15). The highest BCUT2D eigenvalue weighted by Gasteiger charge is 2.04. The molecule has 1 aromatic heterocycles. The molecule has 7 heteroatoms. The molecule has 0 amide bonds. The van der Waals surface area contributed by atoms with Gasteiger partial charge in [0, 0.05) is 20.2 Å². The number of nitrogens with zero attached hydrogens (tertiary/aromatic N) is 3. The summed E-state index contributed by atoms with van der Waals surface area (Å²) < 4.78 is 2.36. The summed E-state index contributed by atoms with van der Waals surface area (Å²) in [4.78, 5) is 27.3. The van der Waals surface area contributed by atoms with Crippen LogP contribution < -0.4 is 22.1 Å². The Morgan fingerprint density at radius 2 is 1.80 bits per heavy atom. The van der Waals surface area contributed by atoms with Crippen molar-refractivity contribution >= 4 is 17.8 Å². The number of rotatable bonds is 4. The van der Waals surface area contributed by atoms with Crippen LogP contribution in [-0.4, -0.2) is 15.5 Å². The molecule has 2 N–H and O–H groups in total. The van der Waals surface area contributed by atoms with Crippen LogP contribution in [0, 0.1) is 0 Å². The first-order valence-corrected chi connectivity index (χ1v) is 5.96. The van der Waals surface area contributed by atoms with E-state index in [1.165, 1.54) is 24.0 Å². The largest absolute Gasteiger partial charge is 0.332 e. The number of hydrogen-bond acceptors (Lipinski definition) is 4. The molecule has 0 aliphatic rings. The Balaban J connectivity index is 2.07. The number of benzene rings is 1. The normalized spacial score (nSPS) is 10.7. The molecule has 2 aromatic rings. The minimum absolute atomic E-state index is 0.359. The summed E-state index contributed by atoms with van der Waals surface area (Å²) >= 11 is 0. The topological polar surface area (TPSA) is 80.4 Å². The Bertz CT molecular complexity index is 731. The predicted octanol–water partition coefficient (Wildman–Crippen LogP) is 0.360. The monoisotopic (exact) mass is 273 g/mol. The number of para-hydroxylation sites is 1. The van der Waals surface area contributed by atoms with Gasteiger partial charge in [-0.15, -0.1) is 0 Å². The summed E-state index contributed by atoms with van der Waals surface area (Å²) in [6, 6.07) is 10.7. The zero-order chi connectivity index (χ0) is 14.5. The Morgan fingerprint density at radius 3 is 2.50 bits per heavy atom. The maximum atomic E-state index is 11.7. The van der Waals surface area contributed by atoms with Gasteiger partial charge >= 0.3 is 5.69 Å². The lowest BCUT2D eigenvalue weighted by Gasteiger charge is -2.10. The molecular formula is C13H15N5O2. The quantitative estimate of drug-likeness (QED) is 0.479. The van der Waals surface area contributed by atoms with E-state index >= 15 is 0 Å². The summed E-state index contributed by atoms with van der Waals surface area (Å²) in [5, 5.41) is 0. The lowest BCUT2D eigenvalue weighted by molar-refractivity contribution is 0.687. The van der Waals surface area contributed by atoms with Crippen LogP contribution in [-0.2, 0) is 14.1 Å². The molecule has 2 rings (SSSR count). The number of hydrogen-bond donors (Lipinski definition) is 2. The minimum Gasteiger partial charge on any atom is -0.289 e. The number of nitrogens with one attached hydrogen (secondary N) is 2. The Morgan fingerprint density at radius 1 is 1.10 bits per heavy atom. The van der Waals surface area contributed by atoms with Crippen molar-refractivity contribution in [2.75, 3.05) is 5.43 Å². The minimum atomic E-state index is -0.401. The van der Waals surface area contributed by atoms with E-state index in [-0.39, 0.29) is 5.56 Å². The first kappa shape index (κ1) is 13.6. The van der Waals surface area contributed by atoms with E-state index in [0.29, 0.717) is 5.82 Å². The molecule has 0 saturated carbocycles. The fraction of sp³-hybridized carbons (Fsp3) is 0.154. The molecular weight excluding hydrogens is 258 g/mol. The van der Waals surface area contributed by atoms with E-state index in [9.17, 15) is 9.59 Å². The molecule has 0 radical (unpaired) electrons. The van der Waals surface area contributed by atoms with E-state index in [0.717, 1.165) is 10.3 Å². The molecule has 7 nitrogen and oxygen atoms in total. The zero-order valence-electron chi connectivity index (χ0n) is 11.2. The molecule has 1 heterocycles. The number of anilines is 1. The van der Waals surface area contributed by atoms with Gasteiger partial charge in [-0.3, -0.25) is 24.8 Å². The predicted molar refractivity (Wildman–Crippen MR) is 78.3 cm³/mol. The highest BCUT2D eigenvalue weighted by molar-refractivity contribution is 5.62. The van der Waals surface area contributed by atoms with Crippen LogP contribution in [0.1, 0.15) is 0 Å². The Labute approximate surface area is 115 Å². The van der Waals surface area contributed by atoms with Gasteiger partial charge in [0.15, 0.2) is 0 Å². The maximum Gasteiger partial charge on any atom is 0.332 e. The lowest BCUT2D eigenvalue weighted by atomic mass is 10.3. The molecule has 0 aliphatic carbocycles. The van der Waals surface area contributed by atoms with Gasteiger partial charge in [-0.1, -0.05) is 18.2 Å². The van der Waals surface area contributed by atoms with Crippen molar-refractivity contribution < 1.29 is 0 Å². The second-order valence-electron chi connectivity index (χ2n) is 4.13. The molecule has 0 spiro atoms. The van der Waals surface area contributed by atoms with Crippen LogP contribution in [0.2, 0.25) is 0 Å². The van der Waals surface area contributed by atoms with Crippen LogP contribution in [0.25, 0.3) is 0 Å². The summed E-state index contributed by atoms with van der Waals surface area (Å²) in [5.41, 5.74) is 5.47. The fourth-order valence-electron chi connectivity index (χ4n) is 1.58. The van der Waals surface area contributed by atoms with E-state index in [2.05, 4.69) is 15.8 Å². The second-order valence-corrected chi connectivity index (χ2v) is 4.13. The van der Waals surface area contributed by atoms with Gasteiger partial charge in [0.05, 0.1) is 5.69 Å². The van der Waals surface area contributed by atoms with Gasteiger partial charge in [-0.05, 0) is 12.1 Å². The van der Waals surface area contributed by atoms with Crippen molar-refractivity contribution in [3.05, 3.63) is 57.2 Å². The number of hydrazine groups is 1. The van der Waals surface area contributed by atoms with Crippen molar-refractivity contribution in [3.8, 4) is 0 Å². The highest BCUT2D eigenvalue weighted by Crippen LogP contribution is 2.07. The van der Waals surface area contributed by atoms with E-state index in [1.54, 1.807) is 7.05 Å². The third kappa shape index (κ3) is 2.94. The van der Waals surface area contributed by atoms with Gasteiger partial charge in [-0.25, -0.2) is 9.79 Å². The van der Waals surface area contributed by atoms with Gasteiger partial charge in [-0.2, -0.15) is 0 Å². The SMILES string of the molecule is Cn1c(NNC=Nc2ccccc2)cc(=O)n(C)c1=O. The first-order valence-electron chi connectivity index (χ1n) is 5.96. The van der Waals surface area contributed by atoms with Crippen LogP contribution in [0.3, 0.4) is 0 Å². The van der Waals surface area contributed by atoms with Crippen molar-refractivity contribution in [3.63, 3.8) is 0 Å². The summed E-state index contributed by atoms with van der Waals surface area (Å²) in [7, 11) is 3.00. The average Bonchev–Trinajstić information content (AvgIpc) is 2.47. The van der Waals surface area contributed by atoms with Gasteiger partial charge in [0.25, 0.3) is 5.56 Å². The molecule has 1 aromatic carbocycles. The van der Waals surface area contributed by atoms with Gasteiger partial charge in [0.2, 0.25) is 0 Å². The van der Waals surface area contributed by atoms with E-state index in [4.69, 9.17) is 0 Å². The molecule has 0 saturated heterocycles. The van der Waals surface area contributed by atoms with Gasteiger partial charge in [0.1, 0.15) is 12.2 Å². The van der Waals surface area contributed by atoms with Crippen molar-refractivity contribution in [2.24, 2.45) is 19.1 Å². The molecule has 0 fully saturated rings. The molecule has 0 atom stereocenters. The zero-order valence-corrected chi connectivity index (χ0v) is 11.2. The molecule has 0 bridgehead atoms. The highest BCUT2D eigenvalue weighted by atomic mass is 16.2. The third-order valence-electron chi connectivity index (χ3n) is 2.76. The number of aromatic nitrogens is 2. The third-order valence-corrected chi connectivity index (χ3v) is 2.76. The van der Waals surface area contributed by atoms with Crippen LogP contribution in [0.15, 0.2) is 51.0 Å². The summed E-state index contributed by atoms with van der Waals surface area (Å²) in [5.74, 6) is 0.359. The molecule has 104 valence electrons. The fourth-order valence-corrected chi connectivity index (χ4v) is 1.58. The van der Waals surface area contributed by atoms with Crippen LogP contribution in [0.5, 0.6) is 0 Å². The first-order chi connectivity index (χ1) is 9.59. The molecule has 20 heavy (non-hydrogen) atoms. The average molecular weight is 273 g/mol. The van der Waals surface area contributed by atoms with Crippen LogP contribution in [0.4, 0.5) is 11.5 Å². The maximum absolute atomic E-state index is 11.7. The molecule has 0 unspecified atom stereocenters. The van der Waals surface area contributed by atoms with Crippen LogP contribution >= 0.6 is 0 Å².